The van der Waals surface area contributed by atoms with Crippen molar-refractivity contribution in [2.24, 2.45) is 0 Å². The highest BCUT2D eigenvalue weighted by molar-refractivity contribution is 7.89. The van der Waals surface area contributed by atoms with Gasteiger partial charge in [-0.15, -0.1) is 0 Å². The van der Waals surface area contributed by atoms with Gasteiger partial charge in [0.05, 0.1) is 13.2 Å². The van der Waals surface area contributed by atoms with Crippen LogP contribution in [-0.4, -0.2) is 34.0 Å². The van der Waals surface area contributed by atoms with Gasteiger partial charge in [0.2, 0.25) is 15.9 Å². The maximum Gasteiger partial charge on any atom is 0.244 e. The third kappa shape index (κ3) is 4.61. The summed E-state index contributed by atoms with van der Waals surface area (Å²) in [5.41, 5.74) is 5.98. The molecule has 4 N–H and O–H groups in total. The van der Waals surface area contributed by atoms with Crippen molar-refractivity contribution in [1.82, 2.24) is 10.0 Å². The van der Waals surface area contributed by atoms with Crippen LogP contribution in [0.1, 0.15) is 20.3 Å². The zero-order valence-corrected chi connectivity index (χ0v) is 13.2. The number of carbonyl (C=O) groups excluding carboxylic acids is 1. The van der Waals surface area contributed by atoms with Gasteiger partial charge in [0.25, 0.3) is 0 Å². The maximum absolute atomic E-state index is 12.3. The highest BCUT2D eigenvalue weighted by Gasteiger charge is 2.24. The highest BCUT2D eigenvalue weighted by Crippen LogP contribution is 2.25. The molecule has 0 aliphatic rings. The van der Waals surface area contributed by atoms with Crippen LogP contribution in [0.4, 0.5) is 5.69 Å². The molecule has 0 radical (unpaired) electrons. The van der Waals surface area contributed by atoms with Gasteiger partial charge < -0.3 is 15.8 Å². The molecule has 8 heteroatoms. The molecule has 1 aromatic rings. The number of methoxy groups -OCH3 is 1. The van der Waals surface area contributed by atoms with E-state index in [1.807, 2.05) is 6.92 Å². The van der Waals surface area contributed by atoms with Crippen LogP contribution >= 0.6 is 0 Å². The Balaban J connectivity index is 2.94. The molecule has 0 saturated carbocycles. The predicted molar refractivity (Wildman–Crippen MR) is 80.5 cm³/mol. The van der Waals surface area contributed by atoms with Gasteiger partial charge in [-0.05, 0) is 25.5 Å². The fourth-order valence-electron chi connectivity index (χ4n) is 1.66. The lowest BCUT2D eigenvalue weighted by Crippen LogP contribution is -2.44. The lowest BCUT2D eigenvalue weighted by molar-refractivity contribution is -0.122. The molecule has 0 heterocycles. The number of nitrogen functional groups attached to an aromatic ring is 1. The first-order chi connectivity index (χ1) is 9.81. The molecule has 0 aliphatic heterocycles. The van der Waals surface area contributed by atoms with Gasteiger partial charge in [0.15, 0.2) is 0 Å². The van der Waals surface area contributed by atoms with E-state index in [4.69, 9.17) is 10.5 Å². The molecule has 21 heavy (non-hydrogen) atoms. The Bertz CT molecular complexity index is 601. The van der Waals surface area contributed by atoms with Crippen molar-refractivity contribution in [3.8, 4) is 5.75 Å². The Morgan fingerprint density at radius 1 is 1.43 bits per heavy atom. The Morgan fingerprint density at radius 3 is 2.67 bits per heavy atom. The number of anilines is 1. The molecule has 0 fully saturated rings. The Kier molecular flexibility index (Phi) is 5.98. The van der Waals surface area contributed by atoms with Crippen molar-refractivity contribution in [1.29, 1.82) is 0 Å². The van der Waals surface area contributed by atoms with Crippen LogP contribution in [0.5, 0.6) is 5.75 Å². The number of nitrogens with one attached hydrogen (secondary N) is 2. The second kappa shape index (κ2) is 7.28. The summed E-state index contributed by atoms with van der Waals surface area (Å²) in [5, 5.41) is 2.63. The Hall–Kier alpha value is -1.80. The second-order valence-electron chi connectivity index (χ2n) is 4.54. The van der Waals surface area contributed by atoms with Crippen molar-refractivity contribution >= 4 is 21.6 Å². The number of ether oxygens (including phenoxy) is 1. The molecule has 0 spiro atoms. The standard InChI is InChI=1S/C13H21N3O4S/c1-4-7-15-13(17)9(2)16-21(18,19)12-6-5-10(14)8-11(12)20-3/h5-6,8-9,16H,4,7,14H2,1-3H3,(H,15,17). The molecule has 0 bridgehead atoms. The first-order valence-corrected chi connectivity index (χ1v) is 8.03. The molecule has 1 unspecified atom stereocenters. The molecular formula is C13H21N3O4S. The number of hydrogen-bond acceptors (Lipinski definition) is 5. The first-order valence-electron chi connectivity index (χ1n) is 6.55. The molecule has 0 saturated heterocycles. The van der Waals surface area contributed by atoms with E-state index >= 15 is 0 Å². The monoisotopic (exact) mass is 315 g/mol. The number of amides is 1. The smallest absolute Gasteiger partial charge is 0.244 e. The van der Waals surface area contributed by atoms with Gasteiger partial charge in [-0.1, -0.05) is 6.92 Å². The van der Waals surface area contributed by atoms with Crippen LogP contribution < -0.4 is 20.5 Å². The van der Waals surface area contributed by atoms with E-state index in [0.717, 1.165) is 6.42 Å². The summed E-state index contributed by atoms with van der Waals surface area (Å²) in [6.07, 6.45) is 0.775. The highest BCUT2D eigenvalue weighted by atomic mass is 32.2. The fourth-order valence-corrected chi connectivity index (χ4v) is 3.01. The van der Waals surface area contributed by atoms with Crippen molar-refractivity contribution in [2.75, 3.05) is 19.4 Å². The average Bonchev–Trinajstić information content (AvgIpc) is 2.43. The molecule has 0 aromatic heterocycles. The minimum Gasteiger partial charge on any atom is -0.495 e. The zero-order valence-electron chi connectivity index (χ0n) is 12.3. The molecule has 0 aliphatic carbocycles. The van der Waals surface area contributed by atoms with Crippen LogP contribution in [0.2, 0.25) is 0 Å². The third-order valence-electron chi connectivity index (χ3n) is 2.75. The normalized spacial score (nSPS) is 12.7. The van der Waals surface area contributed by atoms with E-state index in [-0.39, 0.29) is 16.6 Å². The predicted octanol–water partition coefficient (Wildman–Crippen LogP) is 0.470. The molecular weight excluding hydrogens is 294 g/mol. The molecule has 1 aromatic carbocycles. The number of carbonyl (C=O) groups is 1. The SMILES string of the molecule is CCCNC(=O)C(C)NS(=O)(=O)c1ccc(N)cc1OC. The minimum atomic E-state index is -3.88. The molecule has 1 rings (SSSR count). The van der Waals surface area contributed by atoms with Gasteiger partial charge >= 0.3 is 0 Å². The van der Waals surface area contributed by atoms with Crippen LogP contribution in [-0.2, 0) is 14.8 Å². The summed E-state index contributed by atoms with van der Waals surface area (Å²) >= 11 is 0. The van der Waals surface area contributed by atoms with Crippen LogP contribution in [0.3, 0.4) is 0 Å². The lowest BCUT2D eigenvalue weighted by Gasteiger charge is -2.16. The van der Waals surface area contributed by atoms with E-state index in [0.29, 0.717) is 12.2 Å². The number of benzene rings is 1. The Labute approximate surface area is 124 Å². The molecule has 118 valence electrons. The van der Waals surface area contributed by atoms with Gasteiger partial charge in [0.1, 0.15) is 10.6 Å². The summed E-state index contributed by atoms with van der Waals surface area (Å²) in [4.78, 5) is 11.7. The zero-order chi connectivity index (χ0) is 16.0. The van der Waals surface area contributed by atoms with E-state index in [1.54, 1.807) is 0 Å². The van der Waals surface area contributed by atoms with Gasteiger partial charge in [-0.2, -0.15) is 4.72 Å². The number of hydrogen-bond donors (Lipinski definition) is 3. The Morgan fingerprint density at radius 2 is 2.10 bits per heavy atom. The summed E-state index contributed by atoms with van der Waals surface area (Å²) in [5.74, 6) is -0.251. The van der Waals surface area contributed by atoms with Crippen LogP contribution in [0.25, 0.3) is 0 Å². The van der Waals surface area contributed by atoms with Crippen LogP contribution in [0.15, 0.2) is 23.1 Å². The van der Waals surface area contributed by atoms with Gasteiger partial charge in [0, 0.05) is 18.3 Å². The average molecular weight is 315 g/mol. The van der Waals surface area contributed by atoms with E-state index < -0.39 is 16.1 Å². The summed E-state index contributed by atoms with van der Waals surface area (Å²) in [6, 6.07) is 3.33. The number of rotatable bonds is 7. The van der Waals surface area contributed by atoms with Crippen molar-refractivity contribution in [2.45, 2.75) is 31.2 Å². The lowest BCUT2D eigenvalue weighted by atomic mass is 10.3. The van der Waals surface area contributed by atoms with Crippen molar-refractivity contribution < 1.29 is 17.9 Å². The van der Waals surface area contributed by atoms with E-state index in [1.165, 1.54) is 32.2 Å². The fraction of sp³-hybridized carbons (Fsp3) is 0.462. The second-order valence-corrected chi connectivity index (χ2v) is 6.23. The minimum absolute atomic E-state index is 0.0608. The van der Waals surface area contributed by atoms with Gasteiger partial charge in [-0.25, -0.2) is 8.42 Å². The van der Waals surface area contributed by atoms with Crippen molar-refractivity contribution in [3.63, 3.8) is 0 Å². The quantitative estimate of drug-likeness (QED) is 0.634. The summed E-state index contributed by atoms with van der Waals surface area (Å²) < 4.78 is 31.9. The molecule has 1 amide bonds. The van der Waals surface area contributed by atoms with Crippen molar-refractivity contribution in [3.05, 3.63) is 18.2 Å². The van der Waals surface area contributed by atoms with Crippen LogP contribution in [0, 0.1) is 0 Å². The number of nitrogens with two attached hydrogens (primary N) is 1. The van der Waals surface area contributed by atoms with E-state index in [9.17, 15) is 13.2 Å². The third-order valence-corrected chi connectivity index (χ3v) is 4.33. The largest absolute Gasteiger partial charge is 0.495 e. The summed E-state index contributed by atoms with van der Waals surface area (Å²) in [6.45, 7) is 3.89. The van der Waals surface area contributed by atoms with Gasteiger partial charge in [-0.3, -0.25) is 4.79 Å². The molecule has 1 atom stereocenters. The first kappa shape index (κ1) is 17.3. The summed E-state index contributed by atoms with van der Waals surface area (Å²) in [7, 11) is -2.53. The van der Waals surface area contributed by atoms with E-state index in [2.05, 4.69) is 10.0 Å². The number of sulfonamides is 1. The topological polar surface area (TPSA) is 111 Å². The maximum atomic E-state index is 12.3. The molecule has 7 nitrogen and oxygen atoms in total.